The van der Waals surface area contributed by atoms with Gasteiger partial charge >= 0.3 is 5.97 Å². The minimum Gasteiger partial charge on any atom is -0.468 e. The van der Waals surface area contributed by atoms with Gasteiger partial charge in [-0.05, 0) is 12.0 Å². The highest BCUT2D eigenvalue weighted by molar-refractivity contribution is 7.80. The van der Waals surface area contributed by atoms with Crippen molar-refractivity contribution in [2.75, 3.05) is 19.4 Å². The predicted molar refractivity (Wildman–Crippen MR) is 112 cm³/mol. The molecule has 0 radical (unpaired) electrons. The Morgan fingerprint density at radius 2 is 1.96 bits per heavy atom. The lowest BCUT2D eigenvalue weighted by atomic mass is 10.1. The van der Waals surface area contributed by atoms with Gasteiger partial charge in [0.25, 0.3) is 5.91 Å². The van der Waals surface area contributed by atoms with Crippen LogP contribution < -0.4 is 10.6 Å². The van der Waals surface area contributed by atoms with Crippen molar-refractivity contribution in [1.82, 2.24) is 15.6 Å². The Kier molecular flexibility index (Phi) is 8.46. The lowest BCUT2D eigenvalue weighted by Crippen LogP contribution is -2.49. The molecule has 0 fully saturated rings. The van der Waals surface area contributed by atoms with Crippen LogP contribution in [0.15, 0.2) is 29.6 Å². The Morgan fingerprint density at radius 3 is 2.57 bits per heavy atom. The number of aromatic nitrogens is 1. The molecule has 7 nitrogen and oxygen atoms in total. The number of aryl methyl sites for hydroxylation is 1. The highest BCUT2D eigenvalue weighted by Crippen LogP contribution is 2.24. The fourth-order valence-electron chi connectivity index (χ4n) is 2.39. The topological polar surface area (TPSA) is 97.4 Å². The third-order valence-corrected chi connectivity index (χ3v) is 5.17. The molecule has 0 aliphatic rings. The molecule has 0 aliphatic heterocycles. The fraction of sp³-hybridized carbons (Fsp3) is 0.368. The number of benzene rings is 1. The first kappa shape index (κ1) is 21.9. The van der Waals surface area contributed by atoms with Crippen molar-refractivity contribution < 1.29 is 19.1 Å². The summed E-state index contributed by atoms with van der Waals surface area (Å²) >= 11 is 5.45. The van der Waals surface area contributed by atoms with E-state index in [-0.39, 0.29) is 18.0 Å². The first-order valence-corrected chi connectivity index (χ1v) is 10.3. The molecule has 150 valence electrons. The molecule has 0 spiro atoms. The molecule has 1 aromatic heterocycles. The number of thiazole rings is 1. The molecule has 2 aromatic rings. The van der Waals surface area contributed by atoms with Gasteiger partial charge in [-0.15, -0.1) is 11.3 Å². The Labute approximate surface area is 173 Å². The molecule has 0 saturated carbocycles. The van der Waals surface area contributed by atoms with Gasteiger partial charge < -0.3 is 15.4 Å². The smallest absolute Gasteiger partial charge is 0.325 e. The number of methoxy groups -OCH3 is 1. The van der Waals surface area contributed by atoms with E-state index in [0.717, 1.165) is 23.4 Å². The van der Waals surface area contributed by atoms with Crippen LogP contribution >= 0.6 is 24.0 Å². The molecule has 2 amide bonds. The fourth-order valence-corrected chi connectivity index (χ4v) is 3.46. The summed E-state index contributed by atoms with van der Waals surface area (Å²) < 4.78 is 4.46. The molecule has 1 aromatic carbocycles. The second kappa shape index (κ2) is 10.8. The first-order valence-electron chi connectivity index (χ1n) is 8.79. The summed E-state index contributed by atoms with van der Waals surface area (Å²) in [7, 11) is 1.23. The molecule has 0 bridgehead atoms. The summed E-state index contributed by atoms with van der Waals surface area (Å²) in [5.41, 5.74) is 2.42. The molecule has 0 aliphatic carbocycles. The summed E-state index contributed by atoms with van der Waals surface area (Å²) in [4.78, 5) is 40.0. The third kappa shape index (κ3) is 6.07. The highest BCUT2D eigenvalue weighted by atomic mass is 32.1. The van der Waals surface area contributed by atoms with Crippen LogP contribution in [0, 0.1) is 0 Å². The Morgan fingerprint density at radius 1 is 1.25 bits per heavy atom. The van der Waals surface area contributed by atoms with Crippen molar-refractivity contribution in [1.29, 1.82) is 0 Å². The number of nitrogens with zero attached hydrogens (tertiary/aromatic N) is 1. The average Bonchev–Trinajstić information content (AvgIpc) is 3.21. The molecule has 1 unspecified atom stereocenters. The van der Waals surface area contributed by atoms with Crippen LogP contribution in [0.1, 0.15) is 29.4 Å². The van der Waals surface area contributed by atoms with Gasteiger partial charge in [0.15, 0.2) is 0 Å². The van der Waals surface area contributed by atoms with E-state index in [0.29, 0.717) is 0 Å². The summed E-state index contributed by atoms with van der Waals surface area (Å²) in [5, 5.41) is 7.35. The second-order valence-electron chi connectivity index (χ2n) is 5.99. The number of ether oxygens (including phenoxy) is 1. The lowest BCUT2D eigenvalue weighted by Gasteiger charge is -2.15. The van der Waals surface area contributed by atoms with Crippen LogP contribution in [0.4, 0.5) is 0 Å². The van der Waals surface area contributed by atoms with Gasteiger partial charge in [0, 0.05) is 16.7 Å². The molecule has 28 heavy (non-hydrogen) atoms. The summed E-state index contributed by atoms with van der Waals surface area (Å²) in [6.45, 7) is 1.86. The maximum Gasteiger partial charge on any atom is 0.325 e. The summed E-state index contributed by atoms with van der Waals surface area (Å²) in [6, 6.07) is 7.20. The van der Waals surface area contributed by atoms with Crippen LogP contribution in [0.5, 0.6) is 0 Å². The molecule has 2 N–H and O–H groups in total. The average molecular weight is 422 g/mol. The van der Waals surface area contributed by atoms with Crippen molar-refractivity contribution in [3.05, 3.63) is 40.9 Å². The van der Waals surface area contributed by atoms with Crippen LogP contribution in [0.3, 0.4) is 0 Å². The standard InChI is InChI=1S/C19H23N3O4S2/c1-3-4-12-5-7-13(8-6-12)19-22-15(11-28-19)18(25)21-14(10-27)17(24)20-9-16(23)26-2/h5-8,11,14,27H,3-4,9-10H2,1-2H3,(H,20,24)(H,21,25). The van der Waals surface area contributed by atoms with Crippen LogP contribution in [-0.4, -0.2) is 48.2 Å². The van der Waals surface area contributed by atoms with Gasteiger partial charge in [0.1, 0.15) is 23.3 Å². The summed E-state index contributed by atoms with van der Waals surface area (Å²) in [5.74, 6) is -1.49. The molecule has 9 heteroatoms. The second-order valence-corrected chi connectivity index (χ2v) is 7.21. The van der Waals surface area contributed by atoms with E-state index in [1.807, 2.05) is 12.1 Å². The molecule has 1 atom stereocenters. The molecule has 0 saturated heterocycles. The van der Waals surface area contributed by atoms with Crippen molar-refractivity contribution >= 4 is 41.7 Å². The number of amides is 2. The molecular formula is C19H23N3O4S2. The minimum atomic E-state index is -0.890. The monoisotopic (exact) mass is 421 g/mol. The number of carbonyl (C=O) groups excluding carboxylic acids is 3. The highest BCUT2D eigenvalue weighted by Gasteiger charge is 2.22. The van der Waals surface area contributed by atoms with Crippen LogP contribution in [0.2, 0.25) is 0 Å². The van der Waals surface area contributed by atoms with E-state index >= 15 is 0 Å². The van der Waals surface area contributed by atoms with Crippen molar-refractivity contribution in [2.45, 2.75) is 25.8 Å². The quantitative estimate of drug-likeness (QED) is 0.425. The van der Waals surface area contributed by atoms with E-state index in [4.69, 9.17) is 0 Å². The predicted octanol–water partition coefficient (Wildman–Crippen LogP) is 2.08. The van der Waals surface area contributed by atoms with Gasteiger partial charge in [-0.3, -0.25) is 14.4 Å². The number of hydrogen-bond donors (Lipinski definition) is 3. The lowest BCUT2D eigenvalue weighted by molar-refractivity contribution is -0.141. The molecule has 1 heterocycles. The van der Waals surface area contributed by atoms with Crippen molar-refractivity contribution in [3.63, 3.8) is 0 Å². The number of carbonyl (C=O) groups is 3. The Bertz CT molecular complexity index is 821. The normalized spacial score (nSPS) is 11.5. The molecule has 2 rings (SSSR count). The van der Waals surface area contributed by atoms with E-state index in [1.165, 1.54) is 24.0 Å². The summed E-state index contributed by atoms with van der Waals surface area (Å²) in [6.07, 6.45) is 2.11. The van der Waals surface area contributed by atoms with Crippen LogP contribution in [0.25, 0.3) is 10.6 Å². The van der Waals surface area contributed by atoms with Gasteiger partial charge in [0.2, 0.25) is 5.91 Å². The Hall–Kier alpha value is -2.39. The van der Waals surface area contributed by atoms with Gasteiger partial charge in [-0.25, -0.2) is 4.98 Å². The Balaban J connectivity index is 2.00. The first-order chi connectivity index (χ1) is 13.5. The zero-order valence-corrected chi connectivity index (χ0v) is 17.4. The number of rotatable bonds is 9. The number of thiol groups is 1. The van der Waals surface area contributed by atoms with E-state index < -0.39 is 23.8 Å². The van der Waals surface area contributed by atoms with Crippen molar-refractivity contribution in [3.8, 4) is 10.6 Å². The zero-order valence-electron chi connectivity index (χ0n) is 15.7. The van der Waals surface area contributed by atoms with Crippen molar-refractivity contribution in [2.24, 2.45) is 0 Å². The van der Waals surface area contributed by atoms with Gasteiger partial charge in [-0.2, -0.15) is 12.6 Å². The third-order valence-electron chi connectivity index (χ3n) is 3.92. The number of nitrogens with one attached hydrogen (secondary N) is 2. The molecular weight excluding hydrogens is 398 g/mol. The van der Waals surface area contributed by atoms with E-state index in [2.05, 4.69) is 52.0 Å². The van der Waals surface area contributed by atoms with Gasteiger partial charge in [0.05, 0.1) is 7.11 Å². The SMILES string of the molecule is CCCc1ccc(-c2nc(C(=O)NC(CS)C(=O)NCC(=O)OC)cs2)cc1. The van der Waals surface area contributed by atoms with E-state index in [1.54, 1.807) is 5.38 Å². The number of esters is 1. The maximum absolute atomic E-state index is 12.4. The largest absolute Gasteiger partial charge is 0.468 e. The van der Waals surface area contributed by atoms with Gasteiger partial charge in [-0.1, -0.05) is 37.6 Å². The van der Waals surface area contributed by atoms with Crippen LogP contribution in [-0.2, 0) is 20.7 Å². The zero-order chi connectivity index (χ0) is 20.5. The number of hydrogen-bond acceptors (Lipinski definition) is 7. The minimum absolute atomic E-state index is 0.0780. The maximum atomic E-state index is 12.4. The van der Waals surface area contributed by atoms with E-state index in [9.17, 15) is 14.4 Å².